The minimum absolute atomic E-state index is 0.0319. The van der Waals surface area contributed by atoms with Gasteiger partial charge in [0.15, 0.2) is 11.5 Å². The lowest BCUT2D eigenvalue weighted by Crippen LogP contribution is -2.30. The number of carbonyl (C=O) groups excluding carboxylic acids is 1. The Morgan fingerprint density at radius 3 is 1.97 bits per heavy atom. The predicted molar refractivity (Wildman–Crippen MR) is 135 cm³/mol. The number of nitrogens with one attached hydrogen (secondary N) is 1. The monoisotopic (exact) mass is 493 g/mol. The van der Waals surface area contributed by atoms with Gasteiger partial charge in [0.2, 0.25) is 5.75 Å². The first kappa shape index (κ1) is 25.3. The third-order valence-electron chi connectivity index (χ3n) is 6.45. The second kappa shape index (κ2) is 11.3. The zero-order valence-corrected chi connectivity index (χ0v) is 20.6. The van der Waals surface area contributed by atoms with E-state index in [0.717, 1.165) is 22.3 Å². The smallest absolute Gasteiger partial charge is 0.407 e. The second-order valence-electron chi connectivity index (χ2n) is 8.51. The highest BCUT2D eigenvalue weighted by atomic mass is 16.5. The summed E-state index contributed by atoms with van der Waals surface area (Å²) in [6, 6.07) is 19.4. The average molecular weight is 494 g/mol. The van der Waals surface area contributed by atoms with Crippen molar-refractivity contribution >= 4 is 6.09 Å². The van der Waals surface area contributed by atoms with Gasteiger partial charge < -0.3 is 34.5 Å². The molecule has 0 aliphatic heterocycles. The maximum Gasteiger partial charge on any atom is 0.407 e. The highest BCUT2D eigenvalue weighted by Crippen LogP contribution is 2.44. The number of ether oxygens (including phenoxy) is 4. The van der Waals surface area contributed by atoms with Gasteiger partial charge >= 0.3 is 6.09 Å². The Labute approximate surface area is 210 Å². The van der Waals surface area contributed by atoms with Crippen molar-refractivity contribution < 1.29 is 34.0 Å². The van der Waals surface area contributed by atoms with Gasteiger partial charge in [-0.25, -0.2) is 4.79 Å². The predicted octanol–water partition coefficient (Wildman–Crippen LogP) is 4.04. The molecule has 8 heteroatoms. The summed E-state index contributed by atoms with van der Waals surface area (Å²) in [5.74, 6) is 1.10. The number of aliphatic hydroxyl groups excluding tert-OH is 2. The minimum Gasteiger partial charge on any atom is -0.493 e. The van der Waals surface area contributed by atoms with Crippen LogP contribution in [-0.2, 0) is 4.74 Å². The van der Waals surface area contributed by atoms with Crippen molar-refractivity contribution in [3.63, 3.8) is 0 Å². The second-order valence-corrected chi connectivity index (χ2v) is 8.51. The van der Waals surface area contributed by atoms with Crippen LogP contribution in [0.5, 0.6) is 17.2 Å². The van der Waals surface area contributed by atoms with E-state index in [4.69, 9.17) is 18.9 Å². The van der Waals surface area contributed by atoms with Gasteiger partial charge in [0.25, 0.3) is 0 Å². The summed E-state index contributed by atoms with van der Waals surface area (Å²) in [4.78, 5) is 12.4. The van der Waals surface area contributed by atoms with Crippen molar-refractivity contribution in [2.24, 2.45) is 0 Å². The number of amides is 1. The van der Waals surface area contributed by atoms with Crippen LogP contribution in [0.3, 0.4) is 0 Å². The topological polar surface area (TPSA) is 106 Å². The molecule has 0 bridgehead atoms. The van der Waals surface area contributed by atoms with E-state index in [1.54, 1.807) is 12.1 Å². The fourth-order valence-electron chi connectivity index (χ4n) is 4.62. The van der Waals surface area contributed by atoms with Crippen molar-refractivity contribution in [2.45, 2.75) is 24.5 Å². The van der Waals surface area contributed by atoms with Crippen molar-refractivity contribution in [3.8, 4) is 28.4 Å². The zero-order valence-electron chi connectivity index (χ0n) is 20.6. The van der Waals surface area contributed by atoms with Crippen LogP contribution < -0.4 is 19.5 Å². The largest absolute Gasteiger partial charge is 0.493 e. The van der Waals surface area contributed by atoms with Crippen LogP contribution in [0.25, 0.3) is 11.1 Å². The highest BCUT2D eigenvalue weighted by Gasteiger charge is 2.29. The van der Waals surface area contributed by atoms with Crippen LogP contribution in [0.1, 0.15) is 35.1 Å². The van der Waals surface area contributed by atoms with Gasteiger partial charge in [0, 0.05) is 12.5 Å². The molecule has 8 nitrogen and oxygen atoms in total. The van der Waals surface area contributed by atoms with Crippen LogP contribution in [0.15, 0.2) is 60.7 Å². The lowest BCUT2D eigenvalue weighted by Gasteiger charge is -2.21. The molecule has 3 aromatic rings. The van der Waals surface area contributed by atoms with Gasteiger partial charge in [-0.15, -0.1) is 0 Å². The number of hydrogen-bond donors (Lipinski definition) is 3. The Kier molecular flexibility index (Phi) is 7.97. The Hall–Kier alpha value is -3.75. The van der Waals surface area contributed by atoms with Crippen molar-refractivity contribution in [2.75, 3.05) is 34.5 Å². The normalized spacial score (nSPS) is 13.8. The van der Waals surface area contributed by atoms with Gasteiger partial charge in [0.1, 0.15) is 12.7 Å². The maximum atomic E-state index is 12.4. The lowest BCUT2D eigenvalue weighted by atomic mass is 9.98. The number of methoxy groups -OCH3 is 3. The third-order valence-corrected chi connectivity index (χ3v) is 6.45. The first-order valence-corrected chi connectivity index (χ1v) is 11.7. The molecule has 0 heterocycles. The van der Waals surface area contributed by atoms with Crippen LogP contribution >= 0.6 is 0 Å². The molecule has 0 saturated carbocycles. The molecule has 2 unspecified atom stereocenters. The molecule has 1 aliphatic carbocycles. The van der Waals surface area contributed by atoms with E-state index in [-0.39, 0.29) is 25.5 Å². The van der Waals surface area contributed by atoms with E-state index < -0.39 is 18.3 Å². The first-order chi connectivity index (χ1) is 17.5. The zero-order chi connectivity index (χ0) is 25.7. The van der Waals surface area contributed by atoms with E-state index >= 15 is 0 Å². The molecular weight excluding hydrogens is 462 g/mol. The molecule has 0 saturated heterocycles. The number of benzene rings is 3. The molecule has 190 valence electrons. The molecule has 0 fully saturated rings. The molecule has 3 N–H and O–H groups in total. The quantitative estimate of drug-likeness (QED) is 0.391. The maximum absolute atomic E-state index is 12.4. The Morgan fingerprint density at radius 2 is 1.44 bits per heavy atom. The van der Waals surface area contributed by atoms with Crippen molar-refractivity contribution in [3.05, 3.63) is 77.4 Å². The SMILES string of the molecule is COc1cc(C(O)C(O)CCNC(=O)OCC2c3ccccc3-c3ccccc32)cc(OC)c1OC. The van der Waals surface area contributed by atoms with Crippen molar-refractivity contribution in [1.82, 2.24) is 5.32 Å². The summed E-state index contributed by atoms with van der Waals surface area (Å²) in [5, 5.41) is 23.8. The van der Waals surface area contributed by atoms with E-state index in [1.165, 1.54) is 21.3 Å². The minimum atomic E-state index is -1.22. The van der Waals surface area contributed by atoms with Crippen molar-refractivity contribution in [1.29, 1.82) is 0 Å². The number of hydrogen-bond acceptors (Lipinski definition) is 7. The molecule has 3 aromatic carbocycles. The van der Waals surface area contributed by atoms with E-state index in [2.05, 4.69) is 29.6 Å². The third kappa shape index (κ3) is 5.10. The number of alkyl carbamates (subject to hydrolysis) is 1. The Bertz CT molecular complexity index is 1140. The van der Waals surface area contributed by atoms with Crippen LogP contribution in [0, 0.1) is 0 Å². The van der Waals surface area contributed by atoms with E-state index in [0.29, 0.717) is 22.8 Å². The first-order valence-electron chi connectivity index (χ1n) is 11.7. The lowest BCUT2D eigenvalue weighted by molar-refractivity contribution is 0.0134. The van der Waals surface area contributed by atoms with Crippen LogP contribution in [-0.4, -0.2) is 56.9 Å². The molecule has 0 spiro atoms. The average Bonchev–Trinajstić information content (AvgIpc) is 3.24. The molecular formula is C28H31NO7. The van der Waals surface area contributed by atoms with Gasteiger partial charge in [-0.05, 0) is 46.4 Å². The van der Waals surface area contributed by atoms with Gasteiger partial charge in [-0.2, -0.15) is 0 Å². The Balaban J connectivity index is 1.31. The summed E-state index contributed by atoms with van der Waals surface area (Å²) in [7, 11) is 4.44. The van der Waals surface area contributed by atoms with Crippen LogP contribution in [0.2, 0.25) is 0 Å². The van der Waals surface area contributed by atoms with Gasteiger partial charge in [-0.1, -0.05) is 48.5 Å². The number of carbonyl (C=O) groups is 1. The number of fused-ring (bicyclic) bond motifs is 3. The molecule has 0 aromatic heterocycles. The molecule has 1 aliphatic rings. The van der Waals surface area contributed by atoms with Crippen LogP contribution in [0.4, 0.5) is 4.79 Å². The molecule has 36 heavy (non-hydrogen) atoms. The molecule has 0 radical (unpaired) electrons. The van der Waals surface area contributed by atoms with E-state index in [9.17, 15) is 15.0 Å². The summed E-state index contributed by atoms with van der Waals surface area (Å²) in [6.07, 6.45) is -2.82. The summed E-state index contributed by atoms with van der Waals surface area (Å²) < 4.78 is 21.4. The Morgan fingerprint density at radius 1 is 0.889 bits per heavy atom. The van der Waals surface area contributed by atoms with E-state index in [1.807, 2.05) is 24.3 Å². The number of aliphatic hydroxyl groups is 2. The summed E-state index contributed by atoms with van der Waals surface area (Å²) in [5.41, 5.74) is 4.99. The van der Waals surface area contributed by atoms with Gasteiger partial charge in [-0.3, -0.25) is 0 Å². The molecule has 1 amide bonds. The standard InChI is InChI=1S/C28H31NO7/c1-33-24-14-17(15-25(34-2)27(24)35-3)26(31)23(30)12-13-29-28(32)36-16-22-20-10-6-4-8-18(20)19-9-5-7-11-21(19)22/h4-11,14-15,22-23,26,30-31H,12-13,16H2,1-3H3,(H,29,32). The fourth-order valence-corrected chi connectivity index (χ4v) is 4.62. The fraction of sp³-hybridized carbons (Fsp3) is 0.321. The molecule has 4 rings (SSSR count). The highest BCUT2D eigenvalue weighted by molar-refractivity contribution is 5.79. The summed E-state index contributed by atoms with van der Waals surface area (Å²) in [6.45, 7) is 0.329. The molecule has 2 atom stereocenters. The number of rotatable bonds is 10. The summed E-state index contributed by atoms with van der Waals surface area (Å²) >= 11 is 0. The van der Waals surface area contributed by atoms with Gasteiger partial charge in [0.05, 0.1) is 27.4 Å².